The minimum atomic E-state index is -0.756. The highest BCUT2D eigenvalue weighted by molar-refractivity contribution is 6.12. The van der Waals surface area contributed by atoms with Crippen LogP contribution in [-0.2, 0) is 17.9 Å². The standard InChI is InChI=1S/C26H38N6O3/c1-15(2)12-30-18(7)9-20(19(30)8)10-21(11-27)25(34)31(13-16(3)4)22-23(28)32(14-17(5)6)26(35)29-24(22)33/h9-10,15-17H,12-14,28H2,1-8H3,(H,29,33,35)/b21-10+. The third kappa shape index (κ3) is 6.32. The van der Waals surface area contributed by atoms with Gasteiger partial charge in [-0.1, -0.05) is 41.5 Å². The number of hydrogen-bond donors (Lipinski definition) is 2. The van der Waals surface area contributed by atoms with Gasteiger partial charge in [-0.3, -0.25) is 24.0 Å². The molecule has 0 saturated heterocycles. The molecule has 0 aliphatic carbocycles. The summed E-state index contributed by atoms with van der Waals surface area (Å²) in [4.78, 5) is 42.4. The normalized spacial score (nSPS) is 12.0. The van der Waals surface area contributed by atoms with Gasteiger partial charge in [-0.05, 0) is 49.3 Å². The predicted octanol–water partition coefficient (Wildman–Crippen LogP) is 3.45. The van der Waals surface area contributed by atoms with Crippen LogP contribution in [0.1, 0.15) is 58.5 Å². The van der Waals surface area contributed by atoms with E-state index in [1.54, 1.807) is 6.08 Å². The first-order valence-electron chi connectivity index (χ1n) is 12.0. The van der Waals surface area contributed by atoms with Gasteiger partial charge in [0.1, 0.15) is 17.5 Å². The molecule has 0 saturated carbocycles. The quantitative estimate of drug-likeness (QED) is 0.418. The largest absolute Gasteiger partial charge is 0.383 e. The third-order valence-corrected chi connectivity index (χ3v) is 5.64. The SMILES string of the molecule is Cc1cc(/C=C(\C#N)C(=O)N(CC(C)C)c2c(N)n(CC(C)C)c(=O)[nH]c2=O)c(C)n1CC(C)C. The van der Waals surface area contributed by atoms with Crippen molar-refractivity contribution in [2.24, 2.45) is 17.8 Å². The molecule has 0 aromatic carbocycles. The molecule has 9 heteroatoms. The summed E-state index contributed by atoms with van der Waals surface area (Å²) in [5.74, 6) is -0.236. The second-order valence-electron chi connectivity index (χ2n) is 10.3. The zero-order valence-electron chi connectivity index (χ0n) is 22.1. The number of carbonyl (C=O) groups excluding carboxylic acids is 1. The highest BCUT2D eigenvalue weighted by Crippen LogP contribution is 2.24. The molecule has 35 heavy (non-hydrogen) atoms. The molecule has 0 fully saturated rings. The smallest absolute Gasteiger partial charge is 0.330 e. The number of nitrogens with two attached hydrogens (primary N) is 1. The van der Waals surface area contributed by atoms with Gasteiger partial charge in [0.15, 0.2) is 5.69 Å². The van der Waals surface area contributed by atoms with Gasteiger partial charge in [-0.15, -0.1) is 0 Å². The molecule has 0 spiro atoms. The van der Waals surface area contributed by atoms with E-state index in [4.69, 9.17) is 5.73 Å². The summed E-state index contributed by atoms with van der Waals surface area (Å²) < 4.78 is 3.42. The Morgan fingerprint density at radius 1 is 1.09 bits per heavy atom. The lowest BCUT2D eigenvalue weighted by Gasteiger charge is -2.26. The van der Waals surface area contributed by atoms with Crippen molar-refractivity contribution in [3.8, 4) is 6.07 Å². The molecule has 2 aromatic heterocycles. The van der Waals surface area contributed by atoms with E-state index < -0.39 is 17.2 Å². The predicted molar refractivity (Wildman–Crippen MR) is 140 cm³/mol. The van der Waals surface area contributed by atoms with Crippen LogP contribution in [0.15, 0.2) is 21.2 Å². The number of amides is 1. The monoisotopic (exact) mass is 482 g/mol. The van der Waals surface area contributed by atoms with Gasteiger partial charge in [0.25, 0.3) is 11.5 Å². The average molecular weight is 483 g/mol. The maximum Gasteiger partial charge on any atom is 0.330 e. The fourth-order valence-corrected chi connectivity index (χ4v) is 4.09. The van der Waals surface area contributed by atoms with Crippen LogP contribution in [0.5, 0.6) is 0 Å². The molecule has 3 N–H and O–H groups in total. The van der Waals surface area contributed by atoms with Gasteiger partial charge >= 0.3 is 5.69 Å². The van der Waals surface area contributed by atoms with Crippen molar-refractivity contribution in [3.05, 3.63) is 49.4 Å². The number of aryl methyl sites for hydroxylation is 1. The number of aromatic nitrogens is 3. The van der Waals surface area contributed by atoms with Crippen molar-refractivity contribution < 1.29 is 4.79 Å². The second-order valence-corrected chi connectivity index (χ2v) is 10.3. The lowest BCUT2D eigenvalue weighted by molar-refractivity contribution is -0.114. The van der Waals surface area contributed by atoms with E-state index in [-0.39, 0.29) is 42.0 Å². The van der Waals surface area contributed by atoms with Crippen LogP contribution >= 0.6 is 0 Å². The number of nitrogens with zero attached hydrogens (tertiary/aromatic N) is 4. The number of nitriles is 1. The zero-order valence-corrected chi connectivity index (χ0v) is 22.1. The molecule has 2 aromatic rings. The molecule has 1 amide bonds. The summed E-state index contributed by atoms with van der Waals surface area (Å²) in [6, 6.07) is 3.95. The van der Waals surface area contributed by atoms with Crippen molar-refractivity contribution in [3.63, 3.8) is 0 Å². The second kappa shape index (κ2) is 11.3. The Labute approximate surface area is 206 Å². The molecule has 2 rings (SSSR count). The first-order chi connectivity index (χ1) is 16.3. The van der Waals surface area contributed by atoms with Crippen molar-refractivity contribution >= 4 is 23.5 Å². The lowest BCUT2D eigenvalue weighted by atomic mass is 10.1. The maximum absolute atomic E-state index is 13.7. The fourth-order valence-electron chi connectivity index (χ4n) is 4.09. The molecular weight excluding hydrogens is 444 g/mol. The maximum atomic E-state index is 13.7. The minimum Gasteiger partial charge on any atom is -0.383 e. The van der Waals surface area contributed by atoms with E-state index in [0.717, 1.165) is 23.5 Å². The number of rotatable bonds is 9. The molecule has 2 heterocycles. The van der Waals surface area contributed by atoms with Crippen LogP contribution in [-0.4, -0.2) is 26.6 Å². The van der Waals surface area contributed by atoms with Crippen LogP contribution < -0.4 is 21.9 Å². The van der Waals surface area contributed by atoms with E-state index in [1.165, 1.54) is 9.47 Å². The Hall–Kier alpha value is -3.54. The van der Waals surface area contributed by atoms with Gasteiger partial charge < -0.3 is 10.3 Å². The molecule has 0 radical (unpaired) electrons. The van der Waals surface area contributed by atoms with E-state index in [2.05, 4.69) is 23.4 Å². The molecule has 9 nitrogen and oxygen atoms in total. The number of H-pyrrole nitrogens is 1. The topological polar surface area (TPSA) is 130 Å². The summed E-state index contributed by atoms with van der Waals surface area (Å²) in [6.07, 6.45) is 1.56. The molecule has 0 aliphatic heterocycles. The fraction of sp³-hybridized carbons (Fsp3) is 0.538. The third-order valence-electron chi connectivity index (χ3n) is 5.64. The van der Waals surface area contributed by atoms with Crippen LogP contribution in [0.4, 0.5) is 11.5 Å². The van der Waals surface area contributed by atoms with E-state index >= 15 is 0 Å². The Bertz CT molecular complexity index is 1270. The summed E-state index contributed by atoms with van der Waals surface area (Å²) in [5.41, 5.74) is 7.42. The highest BCUT2D eigenvalue weighted by Gasteiger charge is 2.28. The molecule has 0 aliphatic rings. The summed E-state index contributed by atoms with van der Waals surface area (Å²) in [5, 5.41) is 9.91. The first kappa shape index (κ1) is 27.7. The molecule has 0 atom stereocenters. The molecule has 0 bridgehead atoms. The summed E-state index contributed by atoms with van der Waals surface area (Å²) in [6.45, 7) is 17.1. The molecule has 0 unspecified atom stereocenters. The van der Waals surface area contributed by atoms with Crippen LogP contribution in [0.25, 0.3) is 6.08 Å². The summed E-state index contributed by atoms with van der Waals surface area (Å²) in [7, 11) is 0. The van der Waals surface area contributed by atoms with Gasteiger partial charge in [0.05, 0.1) is 0 Å². The van der Waals surface area contributed by atoms with Crippen LogP contribution in [0.3, 0.4) is 0 Å². The number of anilines is 2. The van der Waals surface area contributed by atoms with E-state index in [0.29, 0.717) is 5.92 Å². The van der Waals surface area contributed by atoms with E-state index in [9.17, 15) is 19.6 Å². The Morgan fingerprint density at radius 2 is 1.66 bits per heavy atom. The van der Waals surface area contributed by atoms with E-state index in [1.807, 2.05) is 53.7 Å². The van der Waals surface area contributed by atoms with Crippen molar-refractivity contribution in [1.29, 1.82) is 5.26 Å². The number of aromatic amines is 1. The van der Waals surface area contributed by atoms with Gasteiger partial charge in [-0.25, -0.2) is 4.79 Å². The molecule has 190 valence electrons. The van der Waals surface area contributed by atoms with Crippen molar-refractivity contribution in [1.82, 2.24) is 14.1 Å². The minimum absolute atomic E-state index is 0.0284. The first-order valence-corrected chi connectivity index (χ1v) is 12.0. The van der Waals surface area contributed by atoms with Gasteiger partial charge in [0.2, 0.25) is 0 Å². The van der Waals surface area contributed by atoms with Gasteiger partial charge in [-0.2, -0.15) is 5.26 Å². The number of hydrogen-bond acceptors (Lipinski definition) is 5. The van der Waals surface area contributed by atoms with Gasteiger partial charge in [0, 0.05) is 31.0 Å². The Balaban J connectivity index is 2.66. The average Bonchev–Trinajstić information content (AvgIpc) is 3.00. The number of carbonyl (C=O) groups is 1. The Kier molecular flexibility index (Phi) is 8.91. The van der Waals surface area contributed by atoms with Crippen LogP contribution in [0.2, 0.25) is 0 Å². The van der Waals surface area contributed by atoms with Crippen molar-refractivity contribution in [2.75, 3.05) is 17.2 Å². The highest BCUT2D eigenvalue weighted by atomic mass is 16.2. The Morgan fingerprint density at radius 3 is 2.17 bits per heavy atom. The summed E-state index contributed by atoms with van der Waals surface area (Å²) >= 11 is 0. The lowest BCUT2D eigenvalue weighted by Crippen LogP contribution is -2.43. The van der Waals surface area contributed by atoms with Crippen LogP contribution in [0, 0.1) is 42.9 Å². The number of nitrogen functional groups attached to an aromatic ring is 1. The molecular formula is C26H38N6O3. The zero-order chi connectivity index (χ0) is 26.6. The van der Waals surface area contributed by atoms with Crippen molar-refractivity contribution in [2.45, 2.75) is 68.5 Å². The number of nitrogens with one attached hydrogen (secondary N) is 1.